The fourth-order valence-electron chi connectivity index (χ4n) is 2.86. The van der Waals surface area contributed by atoms with Crippen LogP contribution in [-0.2, 0) is 20.5 Å². The number of sulfonamides is 1. The van der Waals surface area contributed by atoms with Crippen LogP contribution in [0.3, 0.4) is 0 Å². The van der Waals surface area contributed by atoms with Gasteiger partial charge in [-0.3, -0.25) is 0 Å². The Hall–Kier alpha value is -1.12. The molecule has 1 fully saturated rings. The molecule has 2 rings (SSSR count). The molecule has 0 spiro atoms. The predicted molar refractivity (Wildman–Crippen MR) is 105 cm³/mol. The second-order valence-corrected chi connectivity index (χ2v) is 10.5. The SMILES string of the molecule is CN(C(=O)OC(C)(C)C)[C@@H]1CCCN(S(=O)(=O)Cc2ccc(Br)cc2)C1. The van der Waals surface area contributed by atoms with E-state index in [1.807, 2.05) is 32.9 Å². The van der Waals surface area contributed by atoms with E-state index in [-0.39, 0.29) is 11.8 Å². The molecule has 1 aromatic rings. The number of hydrogen-bond donors (Lipinski definition) is 0. The Bertz CT molecular complexity index is 729. The molecular formula is C18H27BrN2O4S. The smallest absolute Gasteiger partial charge is 0.410 e. The number of hydrogen-bond acceptors (Lipinski definition) is 4. The van der Waals surface area contributed by atoms with Crippen LogP contribution in [0.5, 0.6) is 0 Å². The monoisotopic (exact) mass is 446 g/mol. The molecular weight excluding hydrogens is 420 g/mol. The minimum absolute atomic E-state index is 0.0385. The molecule has 146 valence electrons. The van der Waals surface area contributed by atoms with Crippen LogP contribution in [0.1, 0.15) is 39.2 Å². The predicted octanol–water partition coefficient (Wildman–Crippen LogP) is 3.61. The van der Waals surface area contributed by atoms with Crippen LogP contribution in [0.2, 0.25) is 0 Å². The third-order valence-electron chi connectivity index (χ3n) is 4.24. The highest BCUT2D eigenvalue weighted by molar-refractivity contribution is 9.10. The molecule has 1 atom stereocenters. The third-order valence-corrected chi connectivity index (χ3v) is 6.59. The van der Waals surface area contributed by atoms with Gasteiger partial charge in [-0.05, 0) is 51.3 Å². The maximum absolute atomic E-state index is 12.8. The number of rotatable bonds is 4. The van der Waals surface area contributed by atoms with Crippen LogP contribution in [0, 0.1) is 0 Å². The van der Waals surface area contributed by atoms with Crippen LogP contribution >= 0.6 is 15.9 Å². The highest BCUT2D eigenvalue weighted by atomic mass is 79.9. The summed E-state index contributed by atoms with van der Waals surface area (Å²) in [5, 5.41) is 0. The van der Waals surface area contributed by atoms with Gasteiger partial charge in [0, 0.05) is 30.7 Å². The zero-order chi connectivity index (χ0) is 19.5. The highest BCUT2D eigenvalue weighted by Gasteiger charge is 2.33. The number of piperidine rings is 1. The van der Waals surface area contributed by atoms with Crippen molar-refractivity contribution in [2.75, 3.05) is 20.1 Å². The van der Waals surface area contributed by atoms with Crippen LogP contribution in [0.4, 0.5) is 4.79 Å². The van der Waals surface area contributed by atoms with Crippen molar-refractivity contribution in [2.45, 2.75) is 51.0 Å². The van der Waals surface area contributed by atoms with Crippen molar-refractivity contribution in [1.29, 1.82) is 0 Å². The molecule has 0 N–H and O–H groups in total. The number of ether oxygens (including phenoxy) is 1. The first kappa shape index (κ1) is 21.2. The number of amides is 1. The van der Waals surface area contributed by atoms with Gasteiger partial charge >= 0.3 is 6.09 Å². The Morgan fingerprint density at radius 2 is 1.92 bits per heavy atom. The van der Waals surface area contributed by atoms with Gasteiger partial charge in [-0.2, -0.15) is 4.31 Å². The zero-order valence-electron chi connectivity index (χ0n) is 15.7. The second-order valence-electron chi connectivity index (χ2n) is 7.63. The molecule has 1 aliphatic rings. The van der Waals surface area contributed by atoms with Crippen molar-refractivity contribution in [3.8, 4) is 0 Å². The van der Waals surface area contributed by atoms with E-state index in [4.69, 9.17) is 4.74 Å². The second kappa shape index (κ2) is 8.27. The molecule has 1 aromatic carbocycles. The van der Waals surface area contributed by atoms with Crippen LogP contribution in [0.25, 0.3) is 0 Å². The Morgan fingerprint density at radius 1 is 1.31 bits per heavy atom. The maximum Gasteiger partial charge on any atom is 0.410 e. The summed E-state index contributed by atoms with van der Waals surface area (Å²) in [6.45, 7) is 6.23. The Morgan fingerprint density at radius 3 is 2.50 bits per heavy atom. The highest BCUT2D eigenvalue weighted by Crippen LogP contribution is 2.22. The van der Waals surface area contributed by atoms with E-state index in [1.165, 1.54) is 9.21 Å². The van der Waals surface area contributed by atoms with Gasteiger partial charge in [0.2, 0.25) is 10.0 Å². The van der Waals surface area contributed by atoms with E-state index in [1.54, 1.807) is 19.2 Å². The van der Waals surface area contributed by atoms with Gasteiger partial charge in [0.15, 0.2) is 0 Å². The molecule has 8 heteroatoms. The summed E-state index contributed by atoms with van der Waals surface area (Å²) in [5.41, 5.74) is 0.170. The number of carbonyl (C=O) groups is 1. The summed E-state index contributed by atoms with van der Waals surface area (Å²) in [6, 6.07) is 7.09. The van der Waals surface area contributed by atoms with Crippen molar-refractivity contribution in [1.82, 2.24) is 9.21 Å². The van der Waals surface area contributed by atoms with Gasteiger partial charge in [-0.25, -0.2) is 13.2 Å². The molecule has 6 nitrogen and oxygen atoms in total. The topological polar surface area (TPSA) is 66.9 Å². The third kappa shape index (κ3) is 5.96. The first-order chi connectivity index (χ1) is 12.0. The quantitative estimate of drug-likeness (QED) is 0.708. The van der Waals surface area contributed by atoms with Crippen molar-refractivity contribution < 1.29 is 17.9 Å². The van der Waals surface area contributed by atoms with Gasteiger partial charge in [0.05, 0.1) is 5.75 Å². The fourth-order valence-corrected chi connectivity index (χ4v) is 4.72. The van der Waals surface area contributed by atoms with E-state index in [0.29, 0.717) is 13.1 Å². The van der Waals surface area contributed by atoms with Crippen molar-refractivity contribution in [2.24, 2.45) is 0 Å². The zero-order valence-corrected chi connectivity index (χ0v) is 18.1. The summed E-state index contributed by atoms with van der Waals surface area (Å²) in [7, 11) is -1.77. The first-order valence-corrected chi connectivity index (χ1v) is 11.1. The molecule has 0 unspecified atom stereocenters. The summed E-state index contributed by atoms with van der Waals surface area (Å²) in [5.74, 6) is -0.0385. The van der Waals surface area contributed by atoms with Gasteiger partial charge in [0.25, 0.3) is 0 Å². The number of benzene rings is 1. The first-order valence-electron chi connectivity index (χ1n) is 8.66. The Labute approximate surface area is 164 Å². The lowest BCUT2D eigenvalue weighted by molar-refractivity contribution is 0.0173. The number of likely N-dealkylation sites (N-methyl/N-ethyl adjacent to an activating group) is 1. The summed E-state index contributed by atoms with van der Waals surface area (Å²) in [4.78, 5) is 13.8. The average molecular weight is 447 g/mol. The Kier molecular flexibility index (Phi) is 6.74. The van der Waals surface area contributed by atoms with Crippen LogP contribution < -0.4 is 0 Å². The minimum atomic E-state index is -3.44. The number of carbonyl (C=O) groups excluding carboxylic acids is 1. The van der Waals surface area contributed by atoms with E-state index in [2.05, 4.69) is 15.9 Å². The minimum Gasteiger partial charge on any atom is -0.444 e. The fraction of sp³-hybridized carbons (Fsp3) is 0.611. The molecule has 0 aromatic heterocycles. The normalized spacial score (nSPS) is 19.2. The van der Waals surface area contributed by atoms with E-state index >= 15 is 0 Å². The van der Waals surface area contributed by atoms with Gasteiger partial charge in [-0.1, -0.05) is 28.1 Å². The molecule has 1 aliphatic heterocycles. The lowest BCUT2D eigenvalue weighted by Crippen LogP contribution is -2.51. The number of halogens is 1. The molecule has 0 radical (unpaired) electrons. The van der Waals surface area contributed by atoms with Gasteiger partial charge < -0.3 is 9.64 Å². The van der Waals surface area contributed by atoms with Crippen LogP contribution in [-0.4, -0.2) is 55.5 Å². The summed E-state index contributed by atoms with van der Waals surface area (Å²) in [6.07, 6.45) is 1.06. The number of nitrogens with zero attached hydrogens (tertiary/aromatic N) is 2. The Balaban J connectivity index is 2.04. The molecule has 1 amide bonds. The average Bonchev–Trinajstić information content (AvgIpc) is 2.54. The lowest BCUT2D eigenvalue weighted by Gasteiger charge is -2.37. The van der Waals surface area contributed by atoms with Gasteiger partial charge in [-0.15, -0.1) is 0 Å². The molecule has 0 saturated carbocycles. The van der Waals surface area contributed by atoms with Crippen molar-refractivity contribution in [3.05, 3.63) is 34.3 Å². The van der Waals surface area contributed by atoms with Crippen molar-refractivity contribution >= 4 is 32.0 Å². The standard InChI is InChI=1S/C18H27BrN2O4S/c1-18(2,3)25-17(22)20(4)16-6-5-11-21(12-16)26(23,24)13-14-7-9-15(19)10-8-14/h7-10,16H,5-6,11-13H2,1-4H3/t16-/m1/s1. The van der Waals surface area contributed by atoms with Crippen LogP contribution in [0.15, 0.2) is 28.7 Å². The molecule has 0 bridgehead atoms. The van der Waals surface area contributed by atoms with E-state index in [9.17, 15) is 13.2 Å². The van der Waals surface area contributed by atoms with E-state index < -0.39 is 21.7 Å². The van der Waals surface area contributed by atoms with Crippen molar-refractivity contribution in [3.63, 3.8) is 0 Å². The lowest BCUT2D eigenvalue weighted by atomic mass is 10.1. The molecule has 26 heavy (non-hydrogen) atoms. The molecule has 1 heterocycles. The maximum atomic E-state index is 12.8. The molecule has 0 aliphatic carbocycles. The largest absolute Gasteiger partial charge is 0.444 e. The molecule has 1 saturated heterocycles. The summed E-state index contributed by atoms with van der Waals surface area (Å²) >= 11 is 3.35. The van der Waals surface area contributed by atoms with Gasteiger partial charge in [0.1, 0.15) is 5.60 Å². The summed E-state index contributed by atoms with van der Waals surface area (Å²) < 4.78 is 33.4. The van der Waals surface area contributed by atoms with E-state index in [0.717, 1.165) is 22.9 Å².